The lowest BCUT2D eigenvalue weighted by molar-refractivity contribution is 0.122. The molecule has 0 aliphatic carbocycles. The van der Waals surface area contributed by atoms with E-state index in [0.29, 0.717) is 6.04 Å². The summed E-state index contributed by atoms with van der Waals surface area (Å²) in [4.78, 5) is 6.65. The second-order valence-electron chi connectivity index (χ2n) is 4.97. The van der Waals surface area contributed by atoms with E-state index in [0.717, 1.165) is 19.0 Å². The quantitative estimate of drug-likeness (QED) is 0.861. The first-order valence-electron chi connectivity index (χ1n) is 6.72. The number of pyridine rings is 1. The van der Waals surface area contributed by atoms with Crippen LogP contribution < -0.4 is 10.1 Å². The maximum Gasteiger partial charge on any atom is 0.213 e. The molecule has 1 unspecified atom stereocenters. The fraction of sp³-hybridized carbons (Fsp3) is 0.643. The number of hydrogen-bond donors (Lipinski definition) is 1. The van der Waals surface area contributed by atoms with Gasteiger partial charge in [0.2, 0.25) is 5.88 Å². The highest BCUT2D eigenvalue weighted by atomic mass is 16.5. The molecule has 0 saturated carbocycles. The van der Waals surface area contributed by atoms with Crippen LogP contribution in [-0.2, 0) is 6.54 Å². The Labute approximate surface area is 109 Å². The zero-order valence-corrected chi connectivity index (χ0v) is 11.4. The summed E-state index contributed by atoms with van der Waals surface area (Å²) in [6, 6.07) is 4.56. The first-order valence-corrected chi connectivity index (χ1v) is 6.72. The summed E-state index contributed by atoms with van der Waals surface area (Å²) >= 11 is 0. The van der Waals surface area contributed by atoms with Gasteiger partial charge in [-0.15, -0.1) is 0 Å². The molecule has 1 atom stereocenters. The number of ether oxygens (including phenoxy) is 1. The van der Waals surface area contributed by atoms with Gasteiger partial charge in [-0.05, 0) is 45.1 Å². The standard InChI is InChI=1S/C14H23N3O/c1-15-10-12-6-7-16-14(9-12)18-11-13-5-3-4-8-17(13)2/h6-7,9,13,15H,3-5,8,10-11H2,1-2H3. The van der Waals surface area contributed by atoms with Gasteiger partial charge >= 0.3 is 0 Å². The summed E-state index contributed by atoms with van der Waals surface area (Å²) in [5.74, 6) is 0.738. The summed E-state index contributed by atoms with van der Waals surface area (Å²) in [6.07, 6.45) is 5.66. The average Bonchev–Trinajstić information content (AvgIpc) is 2.39. The molecule has 0 amide bonds. The first-order chi connectivity index (χ1) is 8.79. The van der Waals surface area contributed by atoms with Crippen LogP contribution in [0.2, 0.25) is 0 Å². The number of hydrogen-bond acceptors (Lipinski definition) is 4. The van der Waals surface area contributed by atoms with Gasteiger partial charge in [0.1, 0.15) is 6.61 Å². The van der Waals surface area contributed by atoms with Gasteiger partial charge in [0, 0.05) is 24.8 Å². The van der Waals surface area contributed by atoms with Crippen molar-refractivity contribution < 1.29 is 4.74 Å². The maximum absolute atomic E-state index is 5.82. The number of rotatable bonds is 5. The Hall–Kier alpha value is -1.13. The zero-order chi connectivity index (χ0) is 12.8. The highest BCUT2D eigenvalue weighted by molar-refractivity contribution is 5.20. The summed E-state index contributed by atoms with van der Waals surface area (Å²) < 4.78 is 5.82. The van der Waals surface area contributed by atoms with Gasteiger partial charge in [-0.1, -0.05) is 6.42 Å². The summed E-state index contributed by atoms with van der Waals surface area (Å²) in [6.45, 7) is 2.77. The van der Waals surface area contributed by atoms with Gasteiger partial charge in [-0.25, -0.2) is 4.98 Å². The minimum absolute atomic E-state index is 0.536. The van der Waals surface area contributed by atoms with Crippen molar-refractivity contribution in [2.24, 2.45) is 0 Å². The fourth-order valence-corrected chi connectivity index (χ4v) is 2.38. The van der Waals surface area contributed by atoms with Crippen LogP contribution in [0.1, 0.15) is 24.8 Å². The van der Waals surface area contributed by atoms with Crippen LogP contribution in [0.5, 0.6) is 5.88 Å². The van der Waals surface area contributed by atoms with Crippen LogP contribution in [0.3, 0.4) is 0 Å². The van der Waals surface area contributed by atoms with Crippen molar-refractivity contribution in [1.82, 2.24) is 15.2 Å². The topological polar surface area (TPSA) is 37.4 Å². The Morgan fingerprint density at radius 1 is 1.50 bits per heavy atom. The van der Waals surface area contributed by atoms with Gasteiger partial charge in [0.15, 0.2) is 0 Å². The molecule has 1 aromatic heterocycles. The molecule has 2 rings (SSSR count). The van der Waals surface area contributed by atoms with Crippen LogP contribution >= 0.6 is 0 Å². The number of aromatic nitrogens is 1. The van der Waals surface area contributed by atoms with E-state index < -0.39 is 0 Å². The molecule has 1 aliphatic rings. The average molecular weight is 249 g/mol. The van der Waals surface area contributed by atoms with Gasteiger partial charge in [-0.3, -0.25) is 0 Å². The molecular weight excluding hydrogens is 226 g/mol. The molecule has 4 heteroatoms. The normalized spacial score (nSPS) is 20.9. The van der Waals surface area contributed by atoms with E-state index in [1.807, 2.05) is 25.4 Å². The van der Waals surface area contributed by atoms with Crippen LogP contribution in [0.25, 0.3) is 0 Å². The van der Waals surface area contributed by atoms with Crippen molar-refractivity contribution in [3.63, 3.8) is 0 Å². The van der Waals surface area contributed by atoms with Crippen molar-refractivity contribution in [2.75, 3.05) is 27.2 Å². The molecule has 0 radical (unpaired) electrons. The summed E-state index contributed by atoms with van der Waals surface area (Å²) in [5.41, 5.74) is 1.21. The van der Waals surface area contributed by atoms with Crippen molar-refractivity contribution >= 4 is 0 Å². The largest absolute Gasteiger partial charge is 0.476 e. The van der Waals surface area contributed by atoms with Crippen LogP contribution in [0, 0.1) is 0 Å². The molecule has 0 bridgehead atoms. The Balaban J connectivity index is 1.87. The molecule has 100 valence electrons. The molecule has 1 N–H and O–H groups in total. The number of nitrogens with one attached hydrogen (secondary N) is 1. The van der Waals surface area contributed by atoms with E-state index in [-0.39, 0.29) is 0 Å². The molecule has 4 nitrogen and oxygen atoms in total. The van der Waals surface area contributed by atoms with E-state index in [1.165, 1.54) is 31.4 Å². The number of likely N-dealkylation sites (N-methyl/N-ethyl adjacent to an activating group) is 1. The van der Waals surface area contributed by atoms with E-state index in [4.69, 9.17) is 4.74 Å². The van der Waals surface area contributed by atoms with E-state index >= 15 is 0 Å². The van der Waals surface area contributed by atoms with Crippen LogP contribution in [0.4, 0.5) is 0 Å². The molecule has 2 heterocycles. The van der Waals surface area contributed by atoms with Crippen molar-refractivity contribution in [2.45, 2.75) is 31.8 Å². The Kier molecular flexibility index (Phi) is 4.96. The van der Waals surface area contributed by atoms with Gasteiger partial charge in [0.25, 0.3) is 0 Å². The molecule has 1 aliphatic heterocycles. The molecule has 0 spiro atoms. The van der Waals surface area contributed by atoms with Crippen molar-refractivity contribution in [3.05, 3.63) is 23.9 Å². The number of likely N-dealkylation sites (tertiary alicyclic amines) is 1. The molecule has 1 saturated heterocycles. The van der Waals surface area contributed by atoms with Crippen LogP contribution in [0.15, 0.2) is 18.3 Å². The Morgan fingerprint density at radius 3 is 3.17 bits per heavy atom. The Morgan fingerprint density at radius 2 is 2.39 bits per heavy atom. The second-order valence-corrected chi connectivity index (χ2v) is 4.97. The summed E-state index contributed by atoms with van der Waals surface area (Å²) in [7, 11) is 4.12. The third-order valence-electron chi connectivity index (χ3n) is 3.53. The lowest BCUT2D eigenvalue weighted by Crippen LogP contribution is -2.40. The number of piperidine rings is 1. The fourth-order valence-electron chi connectivity index (χ4n) is 2.38. The third kappa shape index (κ3) is 3.68. The Bertz CT molecular complexity index is 370. The minimum atomic E-state index is 0.536. The van der Waals surface area contributed by atoms with Crippen LogP contribution in [-0.4, -0.2) is 43.2 Å². The SMILES string of the molecule is CNCc1ccnc(OCC2CCCCN2C)c1. The predicted molar refractivity (Wildman–Crippen MR) is 72.8 cm³/mol. The zero-order valence-electron chi connectivity index (χ0n) is 11.4. The molecule has 1 aromatic rings. The maximum atomic E-state index is 5.82. The molecular formula is C14H23N3O. The number of nitrogens with zero attached hydrogens (tertiary/aromatic N) is 2. The molecule has 1 fully saturated rings. The van der Waals surface area contributed by atoms with E-state index in [1.54, 1.807) is 0 Å². The highest BCUT2D eigenvalue weighted by Crippen LogP contribution is 2.16. The second kappa shape index (κ2) is 6.71. The lowest BCUT2D eigenvalue weighted by atomic mass is 10.0. The monoisotopic (exact) mass is 249 g/mol. The molecule has 0 aromatic carbocycles. The first kappa shape index (κ1) is 13.3. The van der Waals surface area contributed by atoms with Gasteiger partial charge < -0.3 is 15.0 Å². The minimum Gasteiger partial charge on any atom is -0.476 e. The smallest absolute Gasteiger partial charge is 0.213 e. The molecule has 18 heavy (non-hydrogen) atoms. The van der Waals surface area contributed by atoms with Crippen molar-refractivity contribution in [1.29, 1.82) is 0 Å². The highest BCUT2D eigenvalue weighted by Gasteiger charge is 2.19. The van der Waals surface area contributed by atoms with Gasteiger partial charge in [0.05, 0.1) is 0 Å². The van der Waals surface area contributed by atoms with Crippen molar-refractivity contribution in [3.8, 4) is 5.88 Å². The lowest BCUT2D eigenvalue weighted by Gasteiger charge is -2.31. The predicted octanol–water partition coefficient (Wildman–Crippen LogP) is 1.66. The van der Waals surface area contributed by atoms with E-state index in [9.17, 15) is 0 Å². The van der Waals surface area contributed by atoms with E-state index in [2.05, 4.69) is 22.2 Å². The van der Waals surface area contributed by atoms with Gasteiger partial charge in [-0.2, -0.15) is 0 Å². The summed E-state index contributed by atoms with van der Waals surface area (Å²) in [5, 5.41) is 3.13. The third-order valence-corrected chi connectivity index (χ3v) is 3.53.